The zero-order valence-corrected chi connectivity index (χ0v) is 21.7. The van der Waals surface area contributed by atoms with Gasteiger partial charge in [0.25, 0.3) is 0 Å². The van der Waals surface area contributed by atoms with Gasteiger partial charge < -0.3 is 25.1 Å². The largest absolute Gasteiger partial charge is 0.478 e. The number of carboxylic acids is 1. The second-order valence-corrected chi connectivity index (χ2v) is 9.55. The molecule has 1 amide bonds. The predicted octanol–water partition coefficient (Wildman–Crippen LogP) is 5.49. The van der Waals surface area contributed by atoms with Gasteiger partial charge in [0, 0.05) is 30.4 Å². The Kier molecular flexibility index (Phi) is 7.38. The summed E-state index contributed by atoms with van der Waals surface area (Å²) in [6.45, 7) is 2.13. The van der Waals surface area contributed by atoms with Crippen molar-refractivity contribution in [2.75, 3.05) is 11.9 Å². The third kappa shape index (κ3) is 5.65. The van der Waals surface area contributed by atoms with Crippen LogP contribution in [0.3, 0.4) is 0 Å². The van der Waals surface area contributed by atoms with Crippen LogP contribution in [0.25, 0.3) is 11.3 Å². The highest BCUT2D eigenvalue weighted by Gasteiger charge is 2.41. The summed E-state index contributed by atoms with van der Waals surface area (Å²) in [5.74, 6) is -0.401. The van der Waals surface area contributed by atoms with E-state index in [0.29, 0.717) is 28.9 Å². The van der Waals surface area contributed by atoms with Crippen molar-refractivity contribution in [1.82, 2.24) is 15.2 Å². The molecule has 10 heteroatoms. The number of nitrogens with zero attached hydrogens (tertiary/aromatic N) is 2. The third-order valence-electron chi connectivity index (χ3n) is 6.56. The van der Waals surface area contributed by atoms with Gasteiger partial charge in [0.05, 0.1) is 17.3 Å². The smallest absolute Gasteiger partial charge is 0.335 e. The summed E-state index contributed by atoms with van der Waals surface area (Å²) < 4.78 is 19.5. The minimum absolute atomic E-state index is 0.133. The van der Waals surface area contributed by atoms with Gasteiger partial charge in [0.15, 0.2) is 5.11 Å². The number of thiocarbonyl (C=S) groups is 1. The molecular weight excluding hydrogens is 519 g/mol. The summed E-state index contributed by atoms with van der Waals surface area (Å²) in [7, 11) is 0. The van der Waals surface area contributed by atoms with Gasteiger partial charge in [-0.1, -0.05) is 12.1 Å². The molecule has 3 heterocycles. The van der Waals surface area contributed by atoms with Crippen LogP contribution < -0.4 is 10.6 Å². The molecule has 0 saturated carbocycles. The third-order valence-corrected chi connectivity index (χ3v) is 6.91. The molecule has 0 radical (unpaired) electrons. The highest BCUT2D eigenvalue weighted by atomic mass is 32.1. The monoisotopic (exact) mass is 544 g/mol. The molecule has 1 fully saturated rings. The first-order chi connectivity index (χ1) is 18.8. The number of benzene rings is 2. The molecule has 2 atom stereocenters. The quantitative estimate of drug-likeness (QED) is 0.250. The molecule has 39 heavy (non-hydrogen) atoms. The molecule has 1 aliphatic heterocycles. The van der Waals surface area contributed by atoms with Gasteiger partial charge in [-0.05, 0) is 85.4 Å². The SMILES string of the molecule is Cc1cc(C(=O)O)ccc1-c1ccc([C@@H]2[C@H](c3ccccn3)NC(=S)N2CCC(=O)Nc2ccc(F)cc2)o1. The number of carbonyl (C=O) groups is 2. The molecule has 2 aromatic carbocycles. The highest BCUT2D eigenvalue weighted by molar-refractivity contribution is 7.80. The van der Waals surface area contributed by atoms with Crippen LogP contribution >= 0.6 is 12.2 Å². The maximum absolute atomic E-state index is 13.2. The lowest BCUT2D eigenvalue weighted by Crippen LogP contribution is -2.32. The number of carboxylic acid groups (broad SMARTS) is 1. The fraction of sp³-hybridized carbons (Fsp3) is 0.172. The Morgan fingerprint density at radius 3 is 2.62 bits per heavy atom. The number of rotatable bonds is 8. The topological polar surface area (TPSA) is 108 Å². The van der Waals surface area contributed by atoms with E-state index in [-0.39, 0.29) is 29.8 Å². The molecule has 1 aliphatic rings. The summed E-state index contributed by atoms with van der Waals surface area (Å²) in [5, 5.41) is 15.9. The lowest BCUT2D eigenvalue weighted by Gasteiger charge is -2.25. The first-order valence-electron chi connectivity index (χ1n) is 12.3. The Morgan fingerprint density at radius 2 is 1.92 bits per heavy atom. The molecule has 0 spiro atoms. The van der Waals surface area contributed by atoms with E-state index in [0.717, 1.165) is 16.8 Å². The van der Waals surface area contributed by atoms with Crippen LogP contribution in [0.15, 0.2) is 83.4 Å². The fourth-order valence-electron chi connectivity index (χ4n) is 4.66. The number of aromatic nitrogens is 1. The first kappa shape index (κ1) is 26.1. The van der Waals surface area contributed by atoms with Crippen LogP contribution in [0.1, 0.15) is 45.9 Å². The van der Waals surface area contributed by atoms with Crippen LogP contribution in [0.2, 0.25) is 0 Å². The molecule has 2 aromatic heterocycles. The number of pyridine rings is 1. The lowest BCUT2D eigenvalue weighted by atomic mass is 10.0. The minimum Gasteiger partial charge on any atom is -0.478 e. The van der Waals surface area contributed by atoms with E-state index in [1.54, 1.807) is 24.4 Å². The number of halogens is 1. The van der Waals surface area contributed by atoms with Crippen LogP contribution in [0.5, 0.6) is 0 Å². The number of amides is 1. The van der Waals surface area contributed by atoms with Gasteiger partial charge in [-0.3, -0.25) is 9.78 Å². The van der Waals surface area contributed by atoms with Gasteiger partial charge in [0.1, 0.15) is 23.4 Å². The van der Waals surface area contributed by atoms with Crippen LogP contribution in [-0.2, 0) is 4.79 Å². The van der Waals surface area contributed by atoms with E-state index in [4.69, 9.17) is 16.6 Å². The molecule has 1 saturated heterocycles. The summed E-state index contributed by atoms with van der Waals surface area (Å²) in [4.78, 5) is 30.4. The average molecular weight is 545 g/mol. The molecule has 0 unspecified atom stereocenters. The molecule has 0 aliphatic carbocycles. The van der Waals surface area contributed by atoms with Crippen molar-refractivity contribution in [2.45, 2.75) is 25.4 Å². The number of hydrogen-bond acceptors (Lipinski definition) is 5. The zero-order valence-electron chi connectivity index (χ0n) is 20.9. The van der Waals surface area contributed by atoms with Crippen molar-refractivity contribution < 1.29 is 23.5 Å². The number of hydrogen-bond donors (Lipinski definition) is 3. The number of aryl methyl sites for hydroxylation is 1. The predicted molar refractivity (Wildman–Crippen MR) is 148 cm³/mol. The fourth-order valence-corrected chi connectivity index (χ4v) is 5.00. The minimum atomic E-state index is -0.993. The van der Waals surface area contributed by atoms with E-state index in [2.05, 4.69) is 15.6 Å². The molecule has 0 bridgehead atoms. The number of carbonyl (C=O) groups excluding carboxylic acids is 1. The van der Waals surface area contributed by atoms with Gasteiger partial charge in [0.2, 0.25) is 5.91 Å². The standard InChI is InChI=1S/C29H25FN4O4S/c1-17-16-18(28(36)37)5-10-21(17)23-11-12-24(38-23)27-26(22-4-2-3-14-31-22)33-29(39)34(27)15-13-25(35)32-20-8-6-19(30)7-9-20/h2-12,14,16,26-27H,13,15H2,1H3,(H,32,35)(H,33,39)(H,36,37)/t26-,27+/m0/s1. The number of anilines is 1. The van der Waals surface area contributed by atoms with Gasteiger partial charge in [-0.2, -0.15) is 0 Å². The Hall–Kier alpha value is -4.57. The normalized spacial score (nSPS) is 16.7. The molecule has 3 N–H and O–H groups in total. The second kappa shape index (κ2) is 11.0. The molecule has 5 rings (SSSR count). The first-order valence-corrected chi connectivity index (χ1v) is 12.7. The Morgan fingerprint density at radius 1 is 1.13 bits per heavy atom. The van der Waals surface area contributed by atoms with Crippen LogP contribution in [0.4, 0.5) is 10.1 Å². The maximum atomic E-state index is 13.2. The van der Waals surface area contributed by atoms with E-state index >= 15 is 0 Å². The molecule has 8 nitrogen and oxygen atoms in total. The Labute approximate surface area is 229 Å². The van der Waals surface area contributed by atoms with Crippen molar-refractivity contribution in [3.05, 3.63) is 107 Å². The number of nitrogens with one attached hydrogen (secondary N) is 2. The van der Waals surface area contributed by atoms with E-state index in [1.165, 1.54) is 24.3 Å². The summed E-state index contributed by atoms with van der Waals surface area (Å²) in [5.41, 5.74) is 3.02. The highest BCUT2D eigenvalue weighted by Crippen LogP contribution is 2.40. The maximum Gasteiger partial charge on any atom is 0.335 e. The Bertz CT molecular complexity index is 1520. The Balaban J connectivity index is 1.41. The number of aromatic carboxylic acids is 1. The van der Waals surface area contributed by atoms with Crippen molar-refractivity contribution in [1.29, 1.82) is 0 Å². The van der Waals surface area contributed by atoms with E-state index in [1.807, 2.05) is 42.2 Å². The van der Waals surface area contributed by atoms with E-state index < -0.39 is 12.0 Å². The van der Waals surface area contributed by atoms with E-state index in [9.17, 15) is 19.1 Å². The molecule has 4 aromatic rings. The van der Waals surface area contributed by atoms with Gasteiger partial charge >= 0.3 is 5.97 Å². The molecular formula is C29H25FN4O4S. The van der Waals surface area contributed by atoms with Crippen LogP contribution in [0, 0.1) is 12.7 Å². The average Bonchev–Trinajstić information content (AvgIpc) is 3.53. The van der Waals surface area contributed by atoms with Crippen molar-refractivity contribution >= 4 is 34.9 Å². The summed E-state index contributed by atoms with van der Waals surface area (Å²) in [6.07, 6.45) is 1.84. The van der Waals surface area contributed by atoms with Crippen molar-refractivity contribution in [2.24, 2.45) is 0 Å². The second-order valence-electron chi connectivity index (χ2n) is 9.16. The van der Waals surface area contributed by atoms with Crippen LogP contribution in [-0.4, -0.2) is 38.5 Å². The van der Waals surface area contributed by atoms with Gasteiger partial charge in [-0.15, -0.1) is 0 Å². The van der Waals surface area contributed by atoms with Crippen molar-refractivity contribution in [3.63, 3.8) is 0 Å². The van der Waals surface area contributed by atoms with Gasteiger partial charge in [-0.25, -0.2) is 9.18 Å². The lowest BCUT2D eigenvalue weighted by molar-refractivity contribution is -0.116. The summed E-state index contributed by atoms with van der Waals surface area (Å²) >= 11 is 5.67. The number of furan rings is 1. The zero-order chi connectivity index (χ0) is 27.5. The molecule has 198 valence electrons. The van der Waals surface area contributed by atoms with Crippen molar-refractivity contribution in [3.8, 4) is 11.3 Å². The summed E-state index contributed by atoms with van der Waals surface area (Å²) in [6, 6.07) is 19.1.